The van der Waals surface area contributed by atoms with Gasteiger partial charge in [-0.3, -0.25) is 4.79 Å². The molecule has 0 atom stereocenters. The van der Waals surface area contributed by atoms with Gasteiger partial charge in [0.15, 0.2) is 0 Å². The average Bonchev–Trinajstić information content (AvgIpc) is 2.54. The normalized spacial score (nSPS) is 16.0. The van der Waals surface area contributed by atoms with Gasteiger partial charge in [0.25, 0.3) is 0 Å². The summed E-state index contributed by atoms with van der Waals surface area (Å²) < 4.78 is 0. The van der Waals surface area contributed by atoms with Crippen LogP contribution in [0.5, 0.6) is 0 Å². The molecule has 5 nitrogen and oxygen atoms in total. The Morgan fingerprint density at radius 3 is 2.12 bits per heavy atom. The van der Waals surface area contributed by atoms with E-state index in [0.29, 0.717) is 25.9 Å². The molecule has 2 rings (SSSR count). The molecule has 1 aromatic carbocycles. The molecule has 1 aromatic rings. The molecule has 25 heavy (non-hydrogen) atoms. The molecular weight excluding hydrogens is 314 g/mol. The highest BCUT2D eigenvalue weighted by atomic mass is 16.2. The van der Waals surface area contributed by atoms with Gasteiger partial charge in [-0.05, 0) is 49.8 Å². The van der Waals surface area contributed by atoms with E-state index in [2.05, 4.69) is 43.5 Å². The van der Waals surface area contributed by atoms with E-state index in [9.17, 15) is 9.59 Å². The van der Waals surface area contributed by atoms with Crippen molar-refractivity contribution in [1.29, 1.82) is 0 Å². The summed E-state index contributed by atoms with van der Waals surface area (Å²) in [5, 5.41) is 5.91. The molecule has 138 valence electrons. The fraction of sp³-hybridized carbons (Fsp3) is 0.600. The van der Waals surface area contributed by atoms with Crippen LogP contribution in [0.15, 0.2) is 24.3 Å². The van der Waals surface area contributed by atoms with E-state index in [1.807, 2.05) is 26.0 Å². The van der Waals surface area contributed by atoms with Crippen molar-refractivity contribution in [3.8, 4) is 0 Å². The van der Waals surface area contributed by atoms with Crippen molar-refractivity contribution >= 4 is 17.6 Å². The van der Waals surface area contributed by atoms with Crippen LogP contribution in [0.2, 0.25) is 0 Å². The van der Waals surface area contributed by atoms with Crippen LogP contribution in [-0.4, -0.2) is 36.0 Å². The molecule has 0 radical (unpaired) electrons. The van der Waals surface area contributed by atoms with Crippen molar-refractivity contribution < 1.29 is 9.59 Å². The zero-order valence-corrected chi connectivity index (χ0v) is 16.1. The number of hydrogen-bond donors (Lipinski definition) is 2. The number of benzene rings is 1. The number of anilines is 1. The van der Waals surface area contributed by atoms with Gasteiger partial charge in [-0.25, -0.2) is 4.79 Å². The molecule has 0 unspecified atom stereocenters. The molecule has 1 fully saturated rings. The number of carbonyl (C=O) groups excluding carboxylic acids is 2. The zero-order valence-electron chi connectivity index (χ0n) is 16.1. The molecule has 1 aliphatic rings. The minimum atomic E-state index is -0.0367. The standard InChI is InChI=1S/C20H31N3O2/c1-14(2)21-19(25)23-12-10-15(11-13-23)18(24)22-17-8-6-16(7-9-17)20(3,4)5/h6-9,14-15H,10-13H2,1-5H3,(H,21,25)(H,22,24). The second kappa shape index (κ2) is 7.89. The summed E-state index contributed by atoms with van der Waals surface area (Å²) in [7, 11) is 0. The number of piperidine rings is 1. The molecule has 0 spiro atoms. The lowest BCUT2D eigenvalue weighted by Gasteiger charge is -2.32. The summed E-state index contributed by atoms with van der Waals surface area (Å²) in [6, 6.07) is 8.15. The fourth-order valence-electron chi connectivity index (χ4n) is 2.98. The highest BCUT2D eigenvalue weighted by Gasteiger charge is 2.27. The van der Waals surface area contributed by atoms with Gasteiger partial charge in [0.1, 0.15) is 0 Å². The number of nitrogens with one attached hydrogen (secondary N) is 2. The quantitative estimate of drug-likeness (QED) is 0.876. The Balaban J connectivity index is 1.85. The molecule has 0 saturated carbocycles. The smallest absolute Gasteiger partial charge is 0.317 e. The molecule has 5 heteroatoms. The molecule has 0 aliphatic carbocycles. The second-order valence-corrected chi connectivity index (χ2v) is 8.18. The predicted molar refractivity (Wildman–Crippen MR) is 102 cm³/mol. The maximum absolute atomic E-state index is 12.5. The maximum Gasteiger partial charge on any atom is 0.317 e. The molecular formula is C20H31N3O2. The molecule has 0 aromatic heterocycles. The molecule has 1 saturated heterocycles. The summed E-state index contributed by atoms with van der Waals surface area (Å²) in [4.78, 5) is 26.3. The lowest BCUT2D eigenvalue weighted by Crippen LogP contribution is -2.47. The van der Waals surface area contributed by atoms with Gasteiger partial charge in [-0.15, -0.1) is 0 Å². The Labute approximate surface area is 151 Å². The molecule has 0 bridgehead atoms. The van der Waals surface area contributed by atoms with Crippen LogP contribution in [0.25, 0.3) is 0 Å². The first kappa shape index (κ1) is 19.3. The Hall–Kier alpha value is -2.04. The molecule has 2 N–H and O–H groups in total. The SMILES string of the molecule is CC(C)NC(=O)N1CCC(C(=O)Nc2ccc(C(C)(C)C)cc2)CC1. The van der Waals surface area contributed by atoms with Gasteiger partial charge < -0.3 is 15.5 Å². The Bertz CT molecular complexity index is 594. The second-order valence-electron chi connectivity index (χ2n) is 8.18. The van der Waals surface area contributed by atoms with E-state index in [-0.39, 0.29) is 29.3 Å². The number of likely N-dealkylation sites (tertiary alicyclic amines) is 1. The summed E-state index contributed by atoms with van der Waals surface area (Å²) in [5.41, 5.74) is 2.18. The van der Waals surface area contributed by atoms with Crippen molar-refractivity contribution in [2.24, 2.45) is 5.92 Å². The third-order valence-electron chi connectivity index (χ3n) is 4.58. The van der Waals surface area contributed by atoms with Gasteiger partial charge in [0.2, 0.25) is 5.91 Å². The van der Waals surface area contributed by atoms with Crippen LogP contribution in [0.3, 0.4) is 0 Å². The first-order chi connectivity index (χ1) is 11.7. The number of hydrogen-bond acceptors (Lipinski definition) is 2. The topological polar surface area (TPSA) is 61.4 Å². The largest absolute Gasteiger partial charge is 0.336 e. The van der Waals surface area contributed by atoms with Crippen LogP contribution >= 0.6 is 0 Å². The van der Waals surface area contributed by atoms with Crippen molar-refractivity contribution in [3.63, 3.8) is 0 Å². The van der Waals surface area contributed by atoms with Crippen molar-refractivity contribution in [2.45, 2.75) is 58.9 Å². The van der Waals surface area contributed by atoms with Crippen molar-refractivity contribution in [2.75, 3.05) is 18.4 Å². The van der Waals surface area contributed by atoms with Crippen LogP contribution in [0, 0.1) is 5.92 Å². The van der Waals surface area contributed by atoms with Crippen LogP contribution in [0.1, 0.15) is 53.0 Å². The van der Waals surface area contributed by atoms with E-state index in [1.165, 1.54) is 5.56 Å². The summed E-state index contributed by atoms with van der Waals surface area (Å²) in [6.07, 6.45) is 1.41. The van der Waals surface area contributed by atoms with E-state index < -0.39 is 0 Å². The van der Waals surface area contributed by atoms with Crippen LogP contribution in [-0.2, 0) is 10.2 Å². The van der Waals surface area contributed by atoms with Gasteiger partial charge in [-0.2, -0.15) is 0 Å². The van der Waals surface area contributed by atoms with E-state index in [1.54, 1.807) is 4.90 Å². The van der Waals surface area contributed by atoms with Crippen molar-refractivity contribution in [3.05, 3.63) is 29.8 Å². The summed E-state index contributed by atoms with van der Waals surface area (Å²) in [5.74, 6) is 0.0119. The highest BCUT2D eigenvalue weighted by Crippen LogP contribution is 2.24. The lowest BCUT2D eigenvalue weighted by molar-refractivity contribution is -0.121. The number of amides is 3. The van der Waals surface area contributed by atoms with E-state index in [4.69, 9.17) is 0 Å². The predicted octanol–water partition coefficient (Wildman–Crippen LogP) is 3.75. The Morgan fingerprint density at radius 2 is 1.64 bits per heavy atom. The van der Waals surface area contributed by atoms with Crippen LogP contribution in [0.4, 0.5) is 10.5 Å². The Kier molecular flexibility index (Phi) is 6.09. The highest BCUT2D eigenvalue weighted by molar-refractivity contribution is 5.92. The van der Waals surface area contributed by atoms with Crippen LogP contribution < -0.4 is 10.6 Å². The number of carbonyl (C=O) groups is 2. The first-order valence-electron chi connectivity index (χ1n) is 9.13. The number of nitrogens with zero attached hydrogens (tertiary/aromatic N) is 1. The minimum Gasteiger partial charge on any atom is -0.336 e. The number of urea groups is 1. The molecule has 3 amide bonds. The summed E-state index contributed by atoms with van der Waals surface area (Å²) >= 11 is 0. The average molecular weight is 345 g/mol. The van der Waals surface area contributed by atoms with Gasteiger partial charge in [0.05, 0.1) is 0 Å². The lowest BCUT2D eigenvalue weighted by atomic mass is 9.87. The summed E-state index contributed by atoms with van der Waals surface area (Å²) in [6.45, 7) is 11.7. The van der Waals surface area contributed by atoms with E-state index in [0.717, 1.165) is 5.69 Å². The van der Waals surface area contributed by atoms with Gasteiger partial charge in [-0.1, -0.05) is 32.9 Å². The third kappa shape index (κ3) is 5.48. The minimum absolute atomic E-state index is 0.0355. The maximum atomic E-state index is 12.5. The fourth-order valence-corrected chi connectivity index (χ4v) is 2.98. The van der Waals surface area contributed by atoms with Crippen molar-refractivity contribution in [1.82, 2.24) is 10.2 Å². The van der Waals surface area contributed by atoms with E-state index >= 15 is 0 Å². The Morgan fingerprint density at radius 1 is 1.08 bits per heavy atom. The monoisotopic (exact) mass is 345 g/mol. The molecule has 1 aliphatic heterocycles. The first-order valence-corrected chi connectivity index (χ1v) is 9.13. The van der Waals surface area contributed by atoms with Gasteiger partial charge in [0, 0.05) is 30.7 Å². The number of rotatable bonds is 3. The zero-order chi connectivity index (χ0) is 18.6. The van der Waals surface area contributed by atoms with Gasteiger partial charge >= 0.3 is 6.03 Å². The molecule has 1 heterocycles. The third-order valence-corrected chi connectivity index (χ3v) is 4.58.